The molecule has 24 heavy (non-hydrogen) atoms. The third kappa shape index (κ3) is 5.30. The molecule has 0 radical (unpaired) electrons. The number of para-hydroxylation sites is 1. The summed E-state index contributed by atoms with van der Waals surface area (Å²) in [5, 5.41) is 12.0. The molecule has 0 aromatic heterocycles. The molecule has 0 fully saturated rings. The van der Waals surface area contributed by atoms with Crippen molar-refractivity contribution in [2.75, 3.05) is 11.9 Å². The Morgan fingerprint density at radius 1 is 1.12 bits per heavy atom. The highest BCUT2D eigenvalue weighted by molar-refractivity contribution is 7.89. The monoisotopic (exact) mass is 363 g/mol. The molecule has 2 rings (SSSR count). The maximum atomic E-state index is 11.2. The van der Waals surface area contributed by atoms with E-state index < -0.39 is 10.0 Å². The minimum Gasteiger partial charge on any atom is -0.362 e. The van der Waals surface area contributed by atoms with Crippen LogP contribution in [0.1, 0.15) is 18.1 Å². The standard InChI is InChI=1S/C17H21N3O2S2/c1-2-14-5-3-4-6-16(14)20-17(23)19-12-11-13-7-9-15(10-8-13)24(18,21)22/h3-10H,2,11-12H2,1H3,(H2,18,21,22)(H2,19,20,23). The number of primary sulfonamides is 1. The summed E-state index contributed by atoms with van der Waals surface area (Å²) in [7, 11) is -3.64. The smallest absolute Gasteiger partial charge is 0.238 e. The van der Waals surface area contributed by atoms with E-state index in [0.717, 1.165) is 24.1 Å². The molecule has 0 bridgehead atoms. The maximum absolute atomic E-state index is 11.2. The number of aryl methyl sites for hydroxylation is 1. The topological polar surface area (TPSA) is 84.2 Å². The summed E-state index contributed by atoms with van der Waals surface area (Å²) in [5.74, 6) is 0. The third-order valence-electron chi connectivity index (χ3n) is 3.60. The summed E-state index contributed by atoms with van der Waals surface area (Å²) < 4.78 is 22.4. The van der Waals surface area contributed by atoms with Gasteiger partial charge in [0.15, 0.2) is 5.11 Å². The van der Waals surface area contributed by atoms with Gasteiger partial charge in [-0.25, -0.2) is 13.6 Å². The molecule has 0 saturated carbocycles. The van der Waals surface area contributed by atoms with Gasteiger partial charge >= 0.3 is 0 Å². The van der Waals surface area contributed by atoms with Gasteiger partial charge in [0.25, 0.3) is 0 Å². The molecule has 2 aromatic carbocycles. The van der Waals surface area contributed by atoms with Crippen LogP contribution in [0, 0.1) is 0 Å². The number of benzene rings is 2. The molecule has 2 aromatic rings. The van der Waals surface area contributed by atoms with Crippen molar-refractivity contribution in [2.24, 2.45) is 5.14 Å². The van der Waals surface area contributed by atoms with Crippen LogP contribution >= 0.6 is 12.2 Å². The normalized spacial score (nSPS) is 11.1. The molecule has 0 aliphatic carbocycles. The van der Waals surface area contributed by atoms with Crippen molar-refractivity contribution in [3.63, 3.8) is 0 Å². The second-order valence-electron chi connectivity index (χ2n) is 5.33. The molecular formula is C17H21N3O2S2. The molecule has 0 aliphatic rings. The van der Waals surface area contributed by atoms with Crippen LogP contribution in [0.3, 0.4) is 0 Å². The molecule has 0 unspecified atom stereocenters. The third-order valence-corrected chi connectivity index (χ3v) is 4.77. The van der Waals surface area contributed by atoms with Crippen LogP contribution in [-0.4, -0.2) is 20.1 Å². The number of hydrogen-bond acceptors (Lipinski definition) is 3. The summed E-state index contributed by atoms with van der Waals surface area (Å²) in [6.07, 6.45) is 1.66. The first-order valence-corrected chi connectivity index (χ1v) is 9.60. The summed E-state index contributed by atoms with van der Waals surface area (Å²) in [6.45, 7) is 2.75. The van der Waals surface area contributed by atoms with Crippen LogP contribution in [0.5, 0.6) is 0 Å². The molecule has 0 aliphatic heterocycles. The summed E-state index contributed by atoms with van der Waals surface area (Å²) in [4.78, 5) is 0.118. The van der Waals surface area contributed by atoms with Crippen LogP contribution in [0.4, 0.5) is 5.69 Å². The number of sulfonamides is 1. The van der Waals surface area contributed by atoms with Crippen molar-refractivity contribution >= 4 is 33.0 Å². The molecule has 0 atom stereocenters. The molecule has 128 valence electrons. The maximum Gasteiger partial charge on any atom is 0.238 e. The second-order valence-corrected chi connectivity index (χ2v) is 7.30. The number of nitrogens with one attached hydrogen (secondary N) is 2. The Morgan fingerprint density at radius 3 is 2.42 bits per heavy atom. The quantitative estimate of drug-likeness (QED) is 0.687. The second kappa shape index (κ2) is 8.23. The zero-order valence-corrected chi connectivity index (χ0v) is 15.1. The van der Waals surface area contributed by atoms with Crippen LogP contribution in [0.15, 0.2) is 53.4 Å². The lowest BCUT2D eigenvalue weighted by Gasteiger charge is -2.13. The first kappa shape index (κ1) is 18.4. The predicted molar refractivity (Wildman–Crippen MR) is 102 cm³/mol. The van der Waals surface area contributed by atoms with Crippen molar-refractivity contribution in [1.29, 1.82) is 0 Å². The van der Waals surface area contributed by atoms with E-state index in [1.54, 1.807) is 12.1 Å². The molecule has 4 N–H and O–H groups in total. The Hall–Kier alpha value is -1.96. The van der Waals surface area contributed by atoms with Crippen LogP contribution in [0.25, 0.3) is 0 Å². The SMILES string of the molecule is CCc1ccccc1NC(=S)NCCc1ccc(S(N)(=O)=O)cc1. The number of thiocarbonyl (C=S) groups is 1. The van der Waals surface area contributed by atoms with E-state index in [9.17, 15) is 8.42 Å². The minimum atomic E-state index is -3.64. The summed E-state index contributed by atoms with van der Waals surface area (Å²) >= 11 is 5.31. The molecule has 7 heteroatoms. The van der Waals surface area contributed by atoms with E-state index in [2.05, 4.69) is 23.6 Å². The molecule has 5 nitrogen and oxygen atoms in total. The molecule has 0 amide bonds. The van der Waals surface area contributed by atoms with Gasteiger partial charge in [0, 0.05) is 12.2 Å². The molecular weight excluding hydrogens is 342 g/mol. The van der Waals surface area contributed by atoms with Crippen molar-refractivity contribution < 1.29 is 8.42 Å². The fourth-order valence-electron chi connectivity index (χ4n) is 2.28. The van der Waals surface area contributed by atoms with Gasteiger partial charge in [-0.05, 0) is 54.4 Å². The van der Waals surface area contributed by atoms with Gasteiger partial charge in [0.05, 0.1) is 4.90 Å². The molecule has 0 saturated heterocycles. The van der Waals surface area contributed by atoms with E-state index in [4.69, 9.17) is 17.4 Å². The van der Waals surface area contributed by atoms with Gasteiger partial charge in [0.2, 0.25) is 10.0 Å². The van der Waals surface area contributed by atoms with Gasteiger partial charge < -0.3 is 10.6 Å². The van der Waals surface area contributed by atoms with E-state index >= 15 is 0 Å². The Kier molecular flexibility index (Phi) is 6.30. The molecule has 0 spiro atoms. The Labute approximate surface area is 148 Å². The highest BCUT2D eigenvalue weighted by atomic mass is 32.2. The van der Waals surface area contributed by atoms with E-state index in [1.807, 2.05) is 18.2 Å². The molecule has 0 heterocycles. The van der Waals surface area contributed by atoms with Gasteiger partial charge in [-0.1, -0.05) is 37.3 Å². The van der Waals surface area contributed by atoms with Crippen LogP contribution in [0.2, 0.25) is 0 Å². The summed E-state index contributed by atoms with van der Waals surface area (Å²) in [5.41, 5.74) is 3.22. The predicted octanol–water partition coefficient (Wildman–Crippen LogP) is 2.43. The van der Waals surface area contributed by atoms with E-state index in [-0.39, 0.29) is 4.90 Å². The minimum absolute atomic E-state index is 0.118. The lowest BCUT2D eigenvalue weighted by atomic mass is 10.1. The highest BCUT2D eigenvalue weighted by Gasteiger charge is 2.07. The zero-order chi connectivity index (χ0) is 17.6. The number of rotatable bonds is 6. The average Bonchev–Trinajstić information content (AvgIpc) is 2.55. The number of nitrogens with two attached hydrogens (primary N) is 1. The van der Waals surface area contributed by atoms with Crippen molar-refractivity contribution in [2.45, 2.75) is 24.7 Å². The van der Waals surface area contributed by atoms with Crippen LogP contribution < -0.4 is 15.8 Å². The van der Waals surface area contributed by atoms with Crippen molar-refractivity contribution in [3.8, 4) is 0 Å². The number of anilines is 1. The van der Waals surface area contributed by atoms with Crippen molar-refractivity contribution in [1.82, 2.24) is 5.32 Å². The van der Waals surface area contributed by atoms with Crippen molar-refractivity contribution in [3.05, 3.63) is 59.7 Å². The average molecular weight is 364 g/mol. The lowest BCUT2D eigenvalue weighted by molar-refractivity contribution is 0.598. The van der Waals surface area contributed by atoms with Gasteiger partial charge in [-0.15, -0.1) is 0 Å². The van der Waals surface area contributed by atoms with E-state index in [0.29, 0.717) is 11.7 Å². The van der Waals surface area contributed by atoms with Gasteiger partial charge in [-0.2, -0.15) is 0 Å². The fraction of sp³-hybridized carbons (Fsp3) is 0.235. The van der Waals surface area contributed by atoms with Gasteiger partial charge in [0.1, 0.15) is 0 Å². The zero-order valence-electron chi connectivity index (χ0n) is 13.5. The highest BCUT2D eigenvalue weighted by Crippen LogP contribution is 2.15. The Balaban J connectivity index is 1.84. The van der Waals surface area contributed by atoms with E-state index in [1.165, 1.54) is 17.7 Å². The first-order valence-electron chi connectivity index (χ1n) is 7.64. The number of hydrogen-bond donors (Lipinski definition) is 3. The summed E-state index contributed by atoms with van der Waals surface area (Å²) in [6, 6.07) is 14.6. The Bertz CT molecular complexity index is 803. The van der Waals surface area contributed by atoms with Gasteiger partial charge in [-0.3, -0.25) is 0 Å². The fourth-order valence-corrected chi connectivity index (χ4v) is 3.01. The Morgan fingerprint density at radius 2 is 1.79 bits per heavy atom. The largest absolute Gasteiger partial charge is 0.362 e. The lowest BCUT2D eigenvalue weighted by Crippen LogP contribution is -2.30. The first-order chi connectivity index (χ1) is 11.4. The van der Waals surface area contributed by atoms with Crippen LogP contribution in [-0.2, 0) is 22.9 Å².